The lowest BCUT2D eigenvalue weighted by Crippen LogP contribution is -2.52. The van der Waals surface area contributed by atoms with Crippen LogP contribution in [0.5, 0.6) is 5.75 Å². The molecule has 1 saturated heterocycles. The average Bonchev–Trinajstić information content (AvgIpc) is 2.53. The average molecular weight is 309 g/mol. The van der Waals surface area contributed by atoms with Gasteiger partial charge in [-0.3, -0.25) is 4.79 Å². The Morgan fingerprint density at radius 3 is 2.77 bits per heavy atom. The summed E-state index contributed by atoms with van der Waals surface area (Å²) in [5, 5.41) is 9.25. The van der Waals surface area contributed by atoms with Gasteiger partial charge in [0.05, 0.1) is 0 Å². The molecule has 1 N–H and O–H groups in total. The van der Waals surface area contributed by atoms with Crippen molar-refractivity contribution in [2.75, 3.05) is 6.54 Å². The number of halogens is 1. The lowest BCUT2D eigenvalue weighted by atomic mass is 10.0. The molecule has 0 aromatic heterocycles. The van der Waals surface area contributed by atoms with Gasteiger partial charge in [0.2, 0.25) is 0 Å². The number of likely N-dealkylation sites (tertiary alicyclic amines) is 1. The van der Waals surface area contributed by atoms with Crippen molar-refractivity contribution < 1.29 is 23.8 Å². The Labute approximate surface area is 128 Å². The summed E-state index contributed by atoms with van der Waals surface area (Å²) in [5.41, 5.74) is 0. The molecule has 0 spiro atoms. The van der Waals surface area contributed by atoms with Gasteiger partial charge >= 0.3 is 5.97 Å². The quantitative estimate of drug-likeness (QED) is 0.907. The summed E-state index contributed by atoms with van der Waals surface area (Å²) in [5.74, 6) is -1.93. The van der Waals surface area contributed by atoms with Gasteiger partial charge in [0, 0.05) is 6.54 Å². The van der Waals surface area contributed by atoms with Crippen LogP contribution in [0.1, 0.15) is 32.6 Å². The SMILES string of the molecule is CCC(Oc1ccccc1F)C(=O)N1CCCC[C@@H]1C(=O)O. The molecular weight excluding hydrogens is 289 g/mol. The summed E-state index contributed by atoms with van der Waals surface area (Å²) in [4.78, 5) is 25.2. The summed E-state index contributed by atoms with van der Waals surface area (Å²) in [6.45, 7) is 2.15. The van der Waals surface area contributed by atoms with Crippen molar-refractivity contribution >= 4 is 11.9 Å². The molecule has 6 heteroatoms. The van der Waals surface area contributed by atoms with E-state index in [1.165, 1.54) is 23.1 Å². The molecule has 1 aromatic carbocycles. The number of ether oxygens (including phenoxy) is 1. The summed E-state index contributed by atoms with van der Waals surface area (Å²) in [6, 6.07) is 5.05. The third kappa shape index (κ3) is 3.55. The largest absolute Gasteiger partial charge is 0.480 e. The fourth-order valence-corrected chi connectivity index (χ4v) is 2.64. The smallest absolute Gasteiger partial charge is 0.326 e. The third-order valence-electron chi connectivity index (χ3n) is 3.82. The number of nitrogens with zero attached hydrogens (tertiary/aromatic N) is 1. The van der Waals surface area contributed by atoms with Crippen molar-refractivity contribution in [2.45, 2.75) is 44.8 Å². The molecule has 1 aromatic rings. The first kappa shape index (κ1) is 16.3. The molecule has 1 unspecified atom stereocenters. The number of hydrogen-bond acceptors (Lipinski definition) is 3. The molecular formula is C16H20FNO4. The van der Waals surface area contributed by atoms with Gasteiger partial charge in [-0.25, -0.2) is 9.18 Å². The van der Waals surface area contributed by atoms with E-state index in [4.69, 9.17) is 4.74 Å². The van der Waals surface area contributed by atoms with E-state index in [1.807, 2.05) is 0 Å². The fraction of sp³-hybridized carbons (Fsp3) is 0.500. The molecule has 5 nitrogen and oxygen atoms in total. The number of carbonyl (C=O) groups is 2. The Morgan fingerprint density at radius 1 is 1.41 bits per heavy atom. The predicted octanol–water partition coefficient (Wildman–Crippen LogP) is 2.45. The molecule has 0 radical (unpaired) electrons. The predicted molar refractivity (Wildman–Crippen MR) is 78.1 cm³/mol. The van der Waals surface area contributed by atoms with Crippen molar-refractivity contribution in [3.63, 3.8) is 0 Å². The van der Waals surface area contributed by atoms with E-state index in [2.05, 4.69) is 0 Å². The Kier molecular flexibility index (Phi) is 5.35. The number of piperidine rings is 1. The molecule has 1 amide bonds. The number of amides is 1. The van der Waals surface area contributed by atoms with Crippen molar-refractivity contribution in [1.29, 1.82) is 0 Å². The Hall–Kier alpha value is -2.11. The Morgan fingerprint density at radius 2 is 2.14 bits per heavy atom. The van der Waals surface area contributed by atoms with Gasteiger partial charge < -0.3 is 14.7 Å². The van der Waals surface area contributed by atoms with E-state index >= 15 is 0 Å². The van der Waals surface area contributed by atoms with Gasteiger partial charge in [-0.15, -0.1) is 0 Å². The van der Waals surface area contributed by atoms with Crippen LogP contribution in [0.15, 0.2) is 24.3 Å². The lowest BCUT2D eigenvalue weighted by Gasteiger charge is -2.35. The third-order valence-corrected chi connectivity index (χ3v) is 3.82. The maximum atomic E-state index is 13.7. The highest BCUT2D eigenvalue weighted by Crippen LogP contribution is 2.22. The van der Waals surface area contributed by atoms with Crippen LogP contribution in [-0.2, 0) is 9.59 Å². The molecule has 0 saturated carbocycles. The van der Waals surface area contributed by atoms with Crippen LogP contribution < -0.4 is 4.74 Å². The van der Waals surface area contributed by atoms with Crippen LogP contribution >= 0.6 is 0 Å². The number of hydrogen-bond donors (Lipinski definition) is 1. The monoisotopic (exact) mass is 309 g/mol. The molecule has 1 aliphatic heterocycles. The van der Waals surface area contributed by atoms with Crippen LogP contribution in [0.4, 0.5) is 4.39 Å². The van der Waals surface area contributed by atoms with Crippen LogP contribution in [0.3, 0.4) is 0 Å². The molecule has 1 heterocycles. The highest BCUT2D eigenvalue weighted by Gasteiger charge is 2.35. The molecule has 0 bridgehead atoms. The van der Waals surface area contributed by atoms with E-state index in [-0.39, 0.29) is 5.75 Å². The van der Waals surface area contributed by atoms with Crippen molar-refractivity contribution in [3.8, 4) is 5.75 Å². The number of benzene rings is 1. The number of carboxylic acid groups (broad SMARTS) is 1. The molecule has 120 valence electrons. The Bertz CT molecular complexity index is 549. The van der Waals surface area contributed by atoms with Crippen LogP contribution in [-0.4, -0.2) is 40.6 Å². The normalized spacial score (nSPS) is 19.5. The molecule has 2 atom stereocenters. The van der Waals surface area contributed by atoms with E-state index in [0.29, 0.717) is 19.4 Å². The molecule has 22 heavy (non-hydrogen) atoms. The minimum Gasteiger partial charge on any atom is -0.480 e. The zero-order chi connectivity index (χ0) is 16.1. The van der Waals surface area contributed by atoms with Crippen LogP contribution in [0.2, 0.25) is 0 Å². The number of carboxylic acids is 1. The second-order valence-corrected chi connectivity index (χ2v) is 5.33. The first-order valence-electron chi connectivity index (χ1n) is 7.49. The van der Waals surface area contributed by atoms with E-state index < -0.39 is 29.8 Å². The van der Waals surface area contributed by atoms with E-state index in [9.17, 15) is 19.1 Å². The zero-order valence-electron chi connectivity index (χ0n) is 12.5. The maximum absolute atomic E-state index is 13.7. The second kappa shape index (κ2) is 7.24. The summed E-state index contributed by atoms with van der Waals surface area (Å²) < 4.78 is 19.1. The van der Waals surface area contributed by atoms with Crippen LogP contribution in [0.25, 0.3) is 0 Å². The first-order valence-corrected chi connectivity index (χ1v) is 7.49. The summed E-state index contributed by atoms with van der Waals surface area (Å²) in [6.07, 6.45) is 1.46. The topological polar surface area (TPSA) is 66.8 Å². The van der Waals surface area contributed by atoms with Gasteiger partial charge in [-0.05, 0) is 37.8 Å². The van der Waals surface area contributed by atoms with Crippen molar-refractivity contribution in [1.82, 2.24) is 4.90 Å². The summed E-state index contributed by atoms with van der Waals surface area (Å²) in [7, 11) is 0. The standard InChI is InChI=1S/C16H20FNO4/c1-2-13(22-14-9-4-3-7-11(14)17)15(19)18-10-6-5-8-12(18)16(20)21/h3-4,7,9,12-13H,2,5-6,8,10H2,1H3,(H,20,21)/t12-,13?/m1/s1. The highest BCUT2D eigenvalue weighted by molar-refractivity contribution is 5.86. The number of aliphatic carboxylic acids is 1. The maximum Gasteiger partial charge on any atom is 0.326 e. The summed E-state index contributed by atoms with van der Waals surface area (Å²) >= 11 is 0. The van der Waals surface area contributed by atoms with Gasteiger partial charge in [-0.1, -0.05) is 19.1 Å². The van der Waals surface area contributed by atoms with E-state index in [1.54, 1.807) is 13.0 Å². The van der Waals surface area contributed by atoms with Gasteiger partial charge in [0.15, 0.2) is 17.7 Å². The minimum absolute atomic E-state index is 0.00610. The zero-order valence-corrected chi connectivity index (χ0v) is 12.5. The minimum atomic E-state index is -1.01. The Balaban J connectivity index is 2.14. The molecule has 1 fully saturated rings. The number of para-hydroxylation sites is 1. The van der Waals surface area contributed by atoms with Gasteiger partial charge in [0.25, 0.3) is 5.91 Å². The molecule has 0 aliphatic carbocycles. The van der Waals surface area contributed by atoms with E-state index in [0.717, 1.165) is 12.8 Å². The first-order chi connectivity index (χ1) is 10.5. The van der Waals surface area contributed by atoms with Crippen molar-refractivity contribution in [3.05, 3.63) is 30.1 Å². The number of carbonyl (C=O) groups excluding carboxylic acids is 1. The molecule has 1 aliphatic rings. The van der Waals surface area contributed by atoms with Crippen LogP contribution in [0, 0.1) is 5.82 Å². The van der Waals surface area contributed by atoms with Gasteiger partial charge in [0.1, 0.15) is 6.04 Å². The fourth-order valence-electron chi connectivity index (χ4n) is 2.64. The number of rotatable bonds is 5. The highest BCUT2D eigenvalue weighted by atomic mass is 19.1. The lowest BCUT2D eigenvalue weighted by molar-refractivity contribution is -0.155. The van der Waals surface area contributed by atoms with Crippen molar-refractivity contribution in [2.24, 2.45) is 0 Å². The molecule has 2 rings (SSSR count). The second-order valence-electron chi connectivity index (χ2n) is 5.33. The van der Waals surface area contributed by atoms with Gasteiger partial charge in [-0.2, -0.15) is 0 Å².